The van der Waals surface area contributed by atoms with Crippen molar-refractivity contribution in [1.82, 2.24) is 19.9 Å². The lowest BCUT2D eigenvalue weighted by Crippen LogP contribution is -2.33. The first kappa shape index (κ1) is 16.1. The first-order chi connectivity index (χ1) is 11.3. The Kier molecular flexibility index (Phi) is 5.37. The van der Waals surface area contributed by atoms with Crippen molar-refractivity contribution in [3.63, 3.8) is 0 Å². The average molecular weight is 336 g/mol. The summed E-state index contributed by atoms with van der Waals surface area (Å²) in [6, 6.07) is 3.91. The predicted molar refractivity (Wildman–Crippen MR) is 85.1 cm³/mol. The molecule has 0 saturated carbocycles. The molecule has 1 atom stereocenters. The summed E-state index contributed by atoms with van der Waals surface area (Å²) in [5.74, 6) is -0.217. The molecular weight excluding hydrogens is 316 g/mol. The Hall–Kier alpha value is -1.77. The largest absolute Gasteiger partial charge is 0.395 e. The number of thiophene rings is 1. The molecule has 7 nitrogen and oxygen atoms in total. The number of nitrogens with zero attached hydrogens (tertiary/aromatic N) is 4. The monoisotopic (exact) mass is 336 g/mol. The van der Waals surface area contributed by atoms with Crippen LogP contribution in [0.4, 0.5) is 0 Å². The smallest absolute Gasteiger partial charge is 0.276 e. The highest BCUT2D eigenvalue weighted by Crippen LogP contribution is 2.15. The number of carbonyl (C=O) groups is 1. The third-order valence-corrected chi connectivity index (χ3v) is 4.62. The van der Waals surface area contributed by atoms with E-state index < -0.39 is 0 Å². The molecule has 0 radical (unpaired) electrons. The minimum Gasteiger partial charge on any atom is -0.395 e. The number of rotatable bonds is 7. The van der Waals surface area contributed by atoms with E-state index >= 15 is 0 Å². The molecule has 1 aliphatic heterocycles. The Labute approximate surface area is 138 Å². The van der Waals surface area contributed by atoms with Crippen molar-refractivity contribution in [2.24, 2.45) is 0 Å². The fraction of sp³-hybridized carbons (Fsp3) is 0.533. The lowest BCUT2D eigenvalue weighted by atomic mass is 10.2. The van der Waals surface area contributed by atoms with Crippen molar-refractivity contribution in [3.8, 4) is 0 Å². The molecule has 0 aromatic carbocycles. The zero-order valence-electron chi connectivity index (χ0n) is 12.8. The fourth-order valence-electron chi connectivity index (χ4n) is 2.61. The van der Waals surface area contributed by atoms with Crippen LogP contribution in [0.25, 0.3) is 0 Å². The van der Waals surface area contributed by atoms with Gasteiger partial charge >= 0.3 is 0 Å². The number of ether oxygens (including phenoxy) is 1. The van der Waals surface area contributed by atoms with Crippen LogP contribution in [0.3, 0.4) is 0 Å². The second-order valence-corrected chi connectivity index (χ2v) is 6.52. The van der Waals surface area contributed by atoms with E-state index in [0.29, 0.717) is 18.8 Å². The van der Waals surface area contributed by atoms with Crippen molar-refractivity contribution in [3.05, 3.63) is 34.3 Å². The average Bonchev–Trinajstić information content (AvgIpc) is 3.29. The number of aromatic nitrogens is 3. The van der Waals surface area contributed by atoms with Crippen LogP contribution in [-0.2, 0) is 17.8 Å². The Morgan fingerprint density at radius 1 is 1.57 bits per heavy atom. The molecule has 1 fully saturated rings. The van der Waals surface area contributed by atoms with Crippen molar-refractivity contribution < 1.29 is 14.6 Å². The van der Waals surface area contributed by atoms with Crippen LogP contribution in [0.15, 0.2) is 23.7 Å². The second kappa shape index (κ2) is 7.67. The van der Waals surface area contributed by atoms with Crippen LogP contribution in [0.1, 0.15) is 28.2 Å². The van der Waals surface area contributed by atoms with Gasteiger partial charge in [0.15, 0.2) is 5.69 Å². The Bertz CT molecular complexity index is 622. The molecule has 1 amide bonds. The molecule has 0 aliphatic carbocycles. The van der Waals surface area contributed by atoms with Crippen molar-refractivity contribution in [2.75, 3.05) is 19.8 Å². The first-order valence-corrected chi connectivity index (χ1v) is 8.58. The number of aliphatic hydroxyl groups excluding tert-OH is 1. The second-order valence-electron chi connectivity index (χ2n) is 5.49. The number of aliphatic hydroxyl groups is 1. The fourth-order valence-corrected chi connectivity index (χ4v) is 3.33. The Morgan fingerprint density at radius 3 is 3.17 bits per heavy atom. The molecule has 0 spiro atoms. The highest BCUT2D eigenvalue weighted by Gasteiger charge is 2.21. The van der Waals surface area contributed by atoms with Gasteiger partial charge in [-0.1, -0.05) is 11.3 Å². The van der Waals surface area contributed by atoms with Gasteiger partial charge in [-0.05, 0) is 24.3 Å². The van der Waals surface area contributed by atoms with Crippen LogP contribution in [0.2, 0.25) is 0 Å². The molecule has 23 heavy (non-hydrogen) atoms. The highest BCUT2D eigenvalue weighted by atomic mass is 32.1. The van der Waals surface area contributed by atoms with E-state index in [4.69, 9.17) is 4.74 Å². The van der Waals surface area contributed by atoms with E-state index in [2.05, 4.69) is 10.3 Å². The van der Waals surface area contributed by atoms with Crippen LogP contribution in [0.5, 0.6) is 0 Å². The van der Waals surface area contributed by atoms with Gasteiger partial charge in [-0.2, -0.15) is 0 Å². The topological polar surface area (TPSA) is 80.5 Å². The maximum Gasteiger partial charge on any atom is 0.276 e. The molecule has 2 aromatic rings. The van der Waals surface area contributed by atoms with Gasteiger partial charge in [0.1, 0.15) is 0 Å². The van der Waals surface area contributed by atoms with Crippen LogP contribution < -0.4 is 0 Å². The number of hydrogen-bond donors (Lipinski definition) is 1. The van der Waals surface area contributed by atoms with Gasteiger partial charge in [0.25, 0.3) is 5.91 Å². The lowest BCUT2D eigenvalue weighted by Gasteiger charge is -2.19. The van der Waals surface area contributed by atoms with Gasteiger partial charge in [0.05, 0.1) is 32.0 Å². The normalized spacial score (nSPS) is 17.5. The molecule has 124 valence electrons. The van der Waals surface area contributed by atoms with Gasteiger partial charge < -0.3 is 14.7 Å². The summed E-state index contributed by atoms with van der Waals surface area (Å²) < 4.78 is 7.23. The number of carbonyl (C=O) groups excluding carboxylic acids is 1. The van der Waals surface area contributed by atoms with Crippen molar-refractivity contribution in [1.29, 1.82) is 0 Å². The highest BCUT2D eigenvalue weighted by molar-refractivity contribution is 7.09. The van der Waals surface area contributed by atoms with Gasteiger partial charge in [-0.15, -0.1) is 16.4 Å². The van der Waals surface area contributed by atoms with E-state index in [1.54, 1.807) is 27.1 Å². The molecule has 3 heterocycles. The van der Waals surface area contributed by atoms with E-state index in [-0.39, 0.29) is 25.2 Å². The van der Waals surface area contributed by atoms with Crippen molar-refractivity contribution >= 4 is 17.2 Å². The minimum absolute atomic E-state index is 0.0822. The zero-order valence-corrected chi connectivity index (χ0v) is 13.6. The summed E-state index contributed by atoms with van der Waals surface area (Å²) >= 11 is 1.58. The molecule has 3 rings (SSSR count). The van der Waals surface area contributed by atoms with Crippen LogP contribution in [-0.4, -0.2) is 56.8 Å². The molecule has 2 aromatic heterocycles. The third-order valence-electron chi connectivity index (χ3n) is 3.76. The minimum atomic E-state index is -0.217. The van der Waals surface area contributed by atoms with Crippen molar-refractivity contribution in [2.45, 2.75) is 32.0 Å². The maximum absolute atomic E-state index is 12.6. The SMILES string of the molecule is O=C(c1cn(C[C@@H]2CCCO2)nn1)N(CCO)Cc1cccs1. The molecule has 1 N–H and O–H groups in total. The third kappa shape index (κ3) is 4.15. The van der Waals surface area contributed by atoms with Crippen LogP contribution >= 0.6 is 11.3 Å². The van der Waals surface area contributed by atoms with Gasteiger partial charge in [-0.25, -0.2) is 4.68 Å². The number of hydrogen-bond acceptors (Lipinski definition) is 6. The Morgan fingerprint density at radius 2 is 2.48 bits per heavy atom. The maximum atomic E-state index is 12.6. The van der Waals surface area contributed by atoms with E-state index in [9.17, 15) is 9.90 Å². The lowest BCUT2D eigenvalue weighted by molar-refractivity contribution is 0.0703. The summed E-state index contributed by atoms with van der Waals surface area (Å²) in [5.41, 5.74) is 0.299. The summed E-state index contributed by atoms with van der Waals surface area (Å²) in [6.45, 7) is 2.06. The predicted octanol–water partition coefficient (Wildman–Crippen LogP) is 1.15. The molecule has 0 unspecified atom stereocenters. The van der Waals surface area contributed by atoms with E-state index in [0.717, 1.165) is 24.3 Å². The molecule has 1 saturated heterocycles. The standard InChI is InChI=1S/C15H20N4O3S/c20-6-5-18(10-13-4-2-8-23-13)15(21)14-11-19(17-16-14)9-12-3-1-7-22-12/h2,4,8,11-12,20H,1,3,5-7,9-10H2/t12-/m0/s1. The zero-order chi connectivity index (χ0) is 16.1. The number of amides is 1. The molecule has 0 bridgehead atoms. The summed E-state index contributed by atoms with van der Waals surface area (Å²) in [6.07, 6.45) is 3.89. The van der Waals surface area contributed by atoms with Gasteiger partial charge in [-0.3, -0.25) is 4.79 Å². The summed E-state index contributed by atoms with van der Waals surface area (Å²) in [5, 5.41) is 19.2. The quantitative estimate of drug-likeness (QED) is 0.820. The molecule has 1 aliphatic rings. The summed E-state index contributed by atoms with van der Waals surface area (Å²) in [4.78, 5) is 15.2. The molecule has 8 heteroatoms. The Balaban J connectivity index is 1.65. The first-order valence-electron chi connectivity index (χ1n) is 7.70. The van der Waals surface area contributed by atoms with E-state index in [1.807, 2.05) is 17.5 Å². The molecular formula is C15H20N4O3S. The van der Waals surface area contributed by atoms with Gasteiger partial charge in [0.2, 0.25) is 0 Å². The van der Waals surface area contributed by atoms with E-state index in [1.165, 1.54) is 0 Å². The van der Waals surface area contributed by atoms with Crippen LogP contribution in [0, 0.1) is 0 Å². The van der Waals surface area contributed by atoms with Gasteiger partial charge in [0, 0.05) is 18.0 Å². The summed E-state index contributed by atoms with van der Waals surface area (Å²) in [7, 11) is 0.